The summed E-state index contributed by atoms with van der Waals surface area (Å²) in [5.41, 5.74) is 0. The summed E-state index contributed by atoms with van der Waals surface area (Å²) in [6.45, 7) is 0. The van der Waals surface area contributed by atoms with E-state index in [1.54, 1.807) is 6.07 Å². The molecule has 0 aliphatic carbocycles. The van der Waals surface area contributed by atoms with Gasteiger partial charge in [0.25, 0.3) is 0 Å². The summed E-state index contributed by atoms with van der Waals surface area (Å²) in [6.07, 6.45) is -0.159. The fraction of sp³-hybridized carbons (Fsp3) is 0.200. The van der Waals surface area contributed by atoms with Crippen molar-refractivity contribution in [2.24, 2.45) is 0 Å². The Morgan fingerprint density at radius 1 is 1.56 bits per heavy atom. The van der Waals surface area contributed by atoms with Crippen molar-refractivity contribution in [1.82, 2.24) is 0 Å². The third kappa shape index (κ3) is 1.32. The number of halogens is 1. The van der Waals surface area contributed by atoms with Gasteiger partial charge in [0.2, 0.25) is 6.29 Å². The van der Waals surface area contributed by atoms with Gasteiger partial charge in [-0.05, 0) is 22.0 Å². The lowest BCUT2D eigenvalue weighted by molar-refractivity contribution is -0.0587. The predicted octanol–water partition coefficient (Wildman–Crippen LogP) is 1.03. The van der Waals surface area contributed by atoms with E-state index in [1.807, 2.05) is 0 Å². The quantitative estimate of drug-likeness (QED) is 0.654. The van der Waals surface area contributed by atoms with E-state index in [-0.39, 0.29) is 5.76 Å². The molecule has 1 aromatic rings. The van der Waals surface area contributed by atoms with Gasteiger partial charge >= 0.3 is 0 Å². The van der Waals surface area contributed by atoms with Gasteiger partial charge in [-0.15, -0.1) is 0 Å². The molecule has 0 bridgehead atoms. The Labute approximate surface area is 60.0 Å². The molecule has 0 saturated heterocycles. The Bertz CT molecular complexity index is 194. The van der Waals surface area contributed by atoms with E-state index in [4.69, 9.17) is 10.2 Å². The Morgan fingerprint density at radius 2 is 2.22 bits per heavy atom. The van der Waals surface area contributed by atoms with Crippen LogP contribution in [-0.2, 0) is 0 Å². The molecule has 50 valence electrons. The van der Waals surface area contributed by atoms with Gasteiger partial charge < -0.3 is 14.6 Å². The van der Waals surface area contributed by atoms with Crippen LogP contribution in [0.2, 0.25) is 0 Å². The van der Waals surface area contributed by atoms with Crippen molar-refractivity contribution < 1.29 is 14.6 Å². The molecule has 1 heterocycles. The third-order valence-corrected chi connectivity index (χ3v) is 1.53. The first-order valence-corrected chi connectivity index (χ1v) is 3.10. The highest BCUT2D eigenvalue weighted by molar-refractivity contribution is 9.10. The predicted molar refractivity (Wildman–Crippen MR) is 33.6 cm³/mol. The van der Waals surface area contributed by atoms with Gasteiger partial charge in [0.05, 0.1) is 10.7 Å². The number of aliphatic hydroxyl groups excluding tert-OH is 1. The number of rotatable bonds is 1. The SMILES string of the molecule is OC(O)c1occc1Br. The van der Waals surface area contributed by atoms with Crippen molar-refractivity contribution in [2.45, 2.75) is 6.29 Å². The maximum atomic E-state index is 8.53. The minimum Gasteiger partial charge on any atom is -0.463 e. The molecular weight excluding hydrogens is 188 g/mol. The Morgan fingerprint density at radius 3 is 2.44 bits per heavy atom. The highest BCUT2D eigenvalue weighted by atomic mass is 79.9. The summed E-state index contributed by atoms with van der Waals surface area (Å²) in [7, 11) is 0. The highest BCUT2D eigenvalue weighted by Gasteiger charge is 2.09. The van der Waals surface area contributed by atoms with Crippen LogP contribution in [0.3, 0.4) is 0 Å². The average molecular weight is 193 g/mol. The third-order valence-electron chi connectivity index (χ3n) is 0.879. The lowest BCUT2D eigenvalue weighted by Gasteiger charge is -1.96. The van der Waals surface area contributed by atoms with E-state index in [9.17, 15) is 0 Å². The minimum atomic E-state index is -1.53. The van der Waals surface area contributed by atoms with Crippen LogP contribution in [0.15, 0.2) is 21.2 Å². The second-order valence-corrected chi connectivity index (χ2v) is 2.36. The standard InChI is InChI=1S/C5H5BrO3/c6-3-1-2-9-4(3)5(7)8/h1-2,5,7-8H. The van der Waals surface area contributed by atoms with Crippen molar-refractivity contribution in [1.29, 1.82) is 0 Å². The van der Waals surface area contributed by atoms with Gasteiger partial charge in [-0.25, -0.2) is 0 Å². The van der Waals surface area contributed by atoms with Gasteiger partial charge in [-0.1, -0.05) is 0 Å². The monoisotopic (exact) mass is 192 g/mol. The Kier molecular flexibility index (Phi) is 1.90. The molecule has 0 aliphatic heterocycles. The van der Waals surface area contributed by atoms with Crippen LogP contribution in [0.5, 0.6) is 0 Å². The summed E-state index contributed by atoms with van der Waals surface area (Å²) in [6, 6.07) is 1.59. The van der Waals surface area contributed by atoms with Crippen LogP contribution in [0.4, 0.5) is 0 Å². The molecule has 0 aromatic carbocycles. The Balaban J connectivity index is 2.94. The first-order chi connectivity index (χ1) is 4.22. The Hall–Kier alpha value is -0.320. The highest BCUT2D eigenvalue weighted by Crippen LogP contribution is 2.22. The van der Waals surface area contributed by atoms with Gasteiger partial charge in [0.1, 0.15) is 0 Å². The first-order valence-electron chi connectivity index (χ1n) is 2.31. The summed E-state index contributed by atoms with van der Waals surface area (Å²) < 4.78 is 5.25. The number of furan rings is 1. The zero-order valence-corrected chi connectivity index (χ0v) is 6.00. The van der Waals surface area contributed by atoms with E-state index in [2.05, 4.69) is 20.3 Å². The van der Waals surface area contributed by atoms with Crippen LogP contribution >= 0.6 is 15.9 Å². The molecule has 1 rings (SSSR count). The summed E-state index contributed by atoms with van der Waals surface area (Å²) >= 11 is 3.05. The van der Waals surface area contributed by atoms with E-state index >= 15 is 0 Å². The summed E-state index contributed by atoms with van der Waals surface area (Å²) in [4.78, 5) is 0. The van der Waals surface area contributed by atoms with Crippen LogP contribution in [0.25, 0.3) is 0 Å². The molecule has 0 radical (unpaired) electrons. The summed E-state index contributed by atoms with van der Waals surface area (Å²) in [5.74, 6) is 0.134. The minimum absolute atomic E-state index is 0.134. The smallest absolute Gasteiger partial charge is 0.213 e. The average Bonchev–Trinajstić information content (AvgIpc) is 2.13. The molecule has 1 aromatic heterocycles. The van der Waals surface area contributed by atoms with Crippen LogP contribution < -0.4 is 0 Å². The molecule has 0 unspecified atom stereocenters. The van der Waals surface area contributed by atoms with Gasteiger partial charge in [0, 0.05) is 0 Å². The molecule has 0 saturated carbocycles. The normalized spacial score (nSPS) is 10.7. The molecule has 2 N–H and O–H groups in total. The molecule has 9 heavy (non-hydrogen) atoms. The molecule has 0 atom stereocenters. The van der Waals surface area contributed by atoms with Crippen molar-refractivity contribution >= 4 is 15.9 Å². The van der Waals surface area contributed by atoms with Crippen molar-refractivity contribution in [3.05, 3.63) is 22.6 Å². The molecule has 0 aliphatic rings. The zero-order valence-electron chi connectivity index (χ0n) is 4.41. The van der Waals surface area contributed by atoms with Gasteiger partial charge in [-0.3, -0.25) is 0 Å². The number of hydrogen-bond donors (Lipinski definition) is 2. The number of hydrogen-bond acceptors (Lipinski definition) is 3. The summed E-state index contributed by atoms with van der Waals surface area (Å²) in [5, 5.41) is 17.1. The fourth-order valence-electron chi connectivity index (χ4n) is 0.490. The second-order valence-electron chi connectivity index (χ2n) is 1.51. The largest absolute Gasteiger partial charge is 0.463 e. The van der Waals surface area contributed by atoms with E-state index in [0.717, 1.165) is 0 Å². The van der Waals surface area contributed by atoms with Crippen LogP contribution in [0.1, 0.15) is 12.1 Å². The zero-order chi connectivity index (χ0) is 6.85. The van der Waals surface area contributed by atoms with E-state index in [0.29, 0.717) is 4.47 Å². The van der Waals surface area contributed by atoms with Gasteiger partial charge in [0.15, 0.2) is 5.76 Å². The number of aliphatic hydroxyl groups is 2. The van der Waals surface area contributed by atoms with Crippen LogP contribution in [-0.4, -0.2) is 10.2 Å². The van der Waals surface area contributed by atoms with Gasteiger partial charge in [-0.2, -0.15) is 0 Å². The van der Waals surface area contributed by atoms with Crippen molar-refractivity contribution in [3.8, 4) is 0 Å². The molecule has 0 amide bonds. The van der Waals surface area contributed by atoms with Crippen LogP contribution in [0, 0.1) is 0 Å². The molecule has 3 nitrogen and oxygen atoms in total. The second kappa shape index (κ2) is 2.51. The first kappa shape index (κ1) is 6.80. The van der Waals surface area contributed by atoms with Crippen molar-refractivity contribution in [2.75, 3.05) is 0 Å². The fourth-order valence-corrected chi connectivity index (χ4v) is 0.896. The van der Waals surface area contributed by atoms with E-state index < -0.39 is 6.29 Å². The molecule has 0 fully saturated rings. The molecular formula is C5H5BrO3. The van der Waals surface area contributed by atoms with Crippen molar-refractivity contribution in [3.63, 3.8) is 0 Å². The maximum absolute atomic E-state index is 8.53. The lowest BCUT2D eigenvalue weighted by Crippen LogP contribution is -1.91. The lowest BCUT2D eigenvalue weighted by atomic mass is 10.4. The molecule has 0 spiro atoms. The molecule has 4 heteroatoms. The van der Waals surface area contributed by atoms with E-state index in [1.165, 1.54) is 6.26 Å². The maximum Gasteiger partial charge on any atom is 0.213 e. The topological polar surface area (TPSA) is 53.6 Å².